The van der Waals surface area contributed by atoms with E-state index in [1.807, 2.05) is 0 Å². The zero-order valence-corrected chi connectivity index (χ0v) is 13.7. The van der Waals surface area contributed by atoms with E-state index in [-0.39, 0.29) is 11.4 Å². The Morgan fingerprint density at radius 2 is 1.96 bits per heavy atom. The second kappa shape index (κ2) is 8.47. The molecule has 0 aliphatic carbocycles. The van der Waals surface area contributed by atoms with Crippen LogP contribution in [0.5, 0.6) is 0 Å². The SMILES string of the molecule is Cc1ccc(C=NNC(=O)CC(=O)Nc2ccccc2F)cc1[N+](=O)[O-]. The molecule has 0 spiro atoms. The van der Waals surface area contributed by atoms with Crippen LogP contribution in [0.1, 0.15) is 17.5 Å². The number of para-hydroxylation sites is 1. The average molecular weight is 358 g/mol. The largest absolute Gasteiger partial charge is 0.323 e. The molecule has 0 bridgehead atoms. The van der Waals surface area contributed by atoms with Gasteiger partial charge in [-0.3, -0.25) is 19.7 Å². The normalized spacial score (nSPS) is 10.5. The van der Waals surface area contributed by atoms with Gasteiger partial charge in [0.05, 0.1) is 16.8 Å². The lowest BCUT2D eigenvalue weighted by molar-refractivity contribution is -0.385. The summed E-state index contributed by atoms with van der Waals surface area (Å²) in [7, 11) is 0. The van der Waals surface area contributed by atoms with Gasteiger partial charge in [-0.25, -0.2) is 9.82 Å². The van der Waals surface area contributed by atoms with Gasteiger partial charge in [0.15, 0.2) is 0 Å². The number of hydrogen-bond donors (Lipinski definition) is 2. The molecule has 26 heavy (non-hydrogen) atoms. The molecule has 0 heterocycles. The molecule has 0 saturated carbocycles. The third-order valence-corrected chi connectivity index (χ3v) is 3.30. The molecule has 2 amide bonds. The van der Waals surface area contributed by atoms with E-state index in [4.69, 9.17) is 0 Å². The number of amides is 2. The lowest BCUT2D eigenvalue weighted by Gasteiger charge is -2.05. The second-order valence-electron chi connectivity index (χ2n) is 5.30. The molecule has 2 N–H and O–H groups in total. The zero-order valence-electron chi connectivity index (χ0n) is 13.7. The van der Waals surface area contributed by atoms with Gasteiger partial charge in [0.2, 0.25) is 11.8 Å². The number of rotatable bonds is 6. The first-order valence-corrected chi connectivity index (χ1v) is 7.48. The third-order valence-electron chi connectivity index (χ3n) is 3.30. The monoisotopic (exact) mass is 358 g/mol. The average Bonchev–Trinajstić information content (AvgIpc) is 2.58. The summed E-state index contributed by atoms with van der Waals surface area (Å²) in [5.74, 6) is -2.02. The number of nitro groups is 1. The number of benzene rings is 2. The minimum absolute atomic E-state index is 0.0271. The lowest BCUT2D eigenvalue weighted by Crippen LogP contribution is -2.24. The van der Waals surface area contributed by atoms with E-state index < -0.39 is 29.0 Å². The molecule has 0 atom stereocenters. The number of aryl methyl sites for hydroxylation is 1. The number of nitrogens with one attached hydrogen (secondary N) is 2. The highest BCUT2D eigenvalue weighted by Gasteiger charge is 2.12. The Morgan fingerprint density at radius 1 is 1.23 bits per heavy atom. The molecule has 2 aromatic carbocycles. The molecule has 0 unspecified atom stereocenters. The van der Waals surface area contributed by atoms with E-state index in [0.717, 1.165) is 0 Å². The van der Waals surface area contributed by atoms with Gasteiger partial charge < -0.3 is 5.32 Å². The lowest BCUT2D eigenvalue weighted by atomic mass is 10.1. The molecule has 0 aliphatic heterocycles. The number of anilines is 1. The predicted octanol–water partition coefficient (Wildman–Crippen LogP) is 2.52. The molecule has 134 valence electrons. The number of carbonyl (C=O) groups is 2. The fourth-order valence-electron chi connectivity index (χ4n) is 2.02. The highest BCUT2D eigenvalue weighted by molar-refractivity contribution is 6.03. The fourth-order valence-corrected chi connectivity index (χ4v) is 2.02. The second-order valence-corrected chi connectivity index (χ2v) is 5.30. The number of hydrazone groups is 1. The molecule has 0 fully saturated rings. The first-order valence-electron chi connectivity index (χ1n) is 7.48. The number of carbonyl (C=O) groups excluding carboxylic acids is 2. The van der Waals surface area contributed by atoms with Crippen LogP contribution in [0.2, 0.25) is 0 Å². The van der Waals surface area contributed by atoms with Gasteiger partial charge in [0, 0.05) is 17.2 Å². The summed E-state index contributed by atoms with van der Waals surface area (Å²) in [4.78, 5) is 33.7. The minimum atomic E-state index is -0.711. The smallest absolute Gasteiger partial charge is 0.272 e. The van der Waals surface area contributed by atoms with Crippen molar-refractivity contribution in [2.75, 3.05) is 5.32 Å². The van der Waals surface area contributed by atoms with Crippen molar-refractivity contribution < 1.29 is 18.9 Å². The van der Waals surface area contributed by atoms with Gasteiger partial charge in [0.25, 0.3) is 5.69 Å². The fraction of sp³-hybridized carbons (Fsp3) is 0.118. The maximum Gasteiger partial charge on any atom is 0.272 e. The van der Waals surface area contributed by atoms with Crippen molar-refractivity contribution in [3.63, 3.8) is 0 Å². The summed E-state index contributed by atoms with van der Waals surface area (Å²) in [5, 5.41) is 16.8. The standard InChI is InChI=1S/C17H15FN4O4/c1-11-6-7-12(8-15(11)22(25)26)10-19-21-17(24)9-16(23)20-14-5-3-2-4-13(14)18/h2-8,10H,9H2,1H3,(H,20,23)(H,21,24). The van der Waals surface area contributed by atoms with Crippen LogP contribution in [-0.2, 0) is 9.59 Å². The quantitative estimate of drug-likeness (QED) is 0.357. The van der Waals surface area contributed by atoms with E-state index in [0.29, 0.717) is 11.1 Å². The maximum atomic E-state index is 13.4. The number of nitro benzene ring substituents is 1. The Kier molecular flexibility index (Phi) is 6.10. The Morgan fingerprint density at radius 3 is 2.65 bits per heavy atom. The summed E-state index contributed by atoms with van der Waals surface area (Å²) in [6.45, 7) is 1.61. The zero-order chi connectivity index (χ0) is 19.1. The molecule has 9 heteroatoms. The van der Waals surface area contributed by atoms with Crippen molar-refractivity contribution in [3.8, 4) is 0 Å². The van der Waals surface area contributed by atoms with Gasteiger partial charge >= 0.3 is 0 Å². The molecule has 2 rings (SSSR count). The van der Waals surface area contributed by atoms with Crippen LogP contribution < -0.4 is 10.7 Å². The first kappa shape index (κ1) is 18.7. The highest BCUT2D eigenvalue weighted by Crippen LogP contribution is 2.18. The summed E-state index contributed by atoms with van der Waals surface area (Å²) in [5.41, 5.74) is 2.96. The maximum absolute atomic E-state index is 13.4. The summed E-state index contributed by atoms with van der Waals surface area (Å²) >= 11 is 0. The number of halogens is 1. The van der Waals surface area contributed by atoms with Crippen LogP contribution >= 0.6 is 0 Å². The van der Waals surface area contributed by atoms with Gasteiger partial charge in [-0.2, -0.15) is 5.10 Å². The van der Waals surface area contributed by atoms with Gasteiger partial charge in [-0.15, -0.1) is 0 Å². The van der Waals surface area contributed by atoms with Crippen molar-refractivity contribution in [1.82, 2.24) is 5.43 Å². The Hall–Kier alpha value is -3.62. The van der Waals surface area contributed by atoms with E-state index in [1.54, 1.807) is 25.1 Å². The Balaban J connectivity index is 1.89. The molecule has 0 aromatic heterocycles. The summed E-state index contributed by atoms with van der Waals surface area (Å²) < 4.78 is 13.4. The van der Waals surface area contributed by atoms with Crippen LogP contribution in [0.15, 0.2) is 47.6 Å². The van der Waals surface area contributed by atoms with Crippen molar-refractivity contribution in [2.45, 2.75) is 13.3 Å². The van der Waals surface area contributed by atoms with Crippen molar-refractivity contribution in [3.05, 3.63) is 69.5 Å². The highest BCUT2D eigenvalue weighted by atomic mass is 19.1. The summed E-state index contributed by atoms with van der Waals surface area (Å²) in [6.07, 6.45) is 0.666. The van der Waals surface area contributed by atoms with E-state index in [2.05, 4.69) is 15.8 Å². The minimum Gasteiger partial charge on any atom is -0.323 e. The molecular weight excluding hydrogens is 343 g/mol. The van der Waals surface area contributed by atoms with Crippen LogP contribution in [0.4, 0.5) is 15.8 Å². The molecule has 0 radical (unpaired) electrons. The van der Waals surface area contributed by atoms with Crippen LogP contribution in [0, 0.1) is 22.9 Å². The van der Waals surface area contributed by atoms with E-state index >= 15 is 0 Å². The van der Waals surface area contributed by atoms with Crippen LogP contribution in [0.3, 0.4) is 0 Å². The molecule has 2 aromatic rings. The summed E-state index contributed by atoms with van der Waals surface area (Å²) in [6, 6.07) is 10.0. The molecule has 0 aliphatic rings. The van der Waals surface area contributed by atoms with Crippen LogP contribution in [0.25, 0.3) is 0 Å². The molecule has 0 saturated heterocycles. The van der Waals surface area contributed by atoms with Crippen molar-refractivity contribution in [1.29, 1.82) is 0 Å². The van der Waals surface area contributed by atoms with E-state index in [9.17, 15) is 24.1 Å². The Bertz CT molecular complexity index is 883. The molecule has 8 nitrogen and oxygen atoms in total. The van der Waals surface area contributed by atoms with Crippen LogP contribution in [-0.4, -0.2) is 23.0 Å². The van der Waals surface area contributed by atoms with Crippen molar-refractivity contribution in [2.24, 2.45) is 5.10 Å². The molecular formula is C17H15FN4O4. The van der Waals surface area contributed by atoms with E-state index in [1.165, 1.54) is 30.5 Å². The first-order chi connectivity index (χ1) is 12.4. The Labute approximate surface area is 147 Å². The van der Waals surface area contributed by atoms with Gasteiger partial charge in [0.1, 0.15) is 12.2 Å². The third kappa shape index (κ3) is 5.20. The van der Waals surface area contributed by atoms with Gasteiger partial charge in [-0.1, -0.05) is 24.3 Å². The number of nitrogens with zero attached hydrogens (tertiary/aromatic N) is 2. The van der Waals surface area contributed by atoms with Gasteiger partial charge in [-0.05, 0) is 19.1 Å². The number of hydrogen-bond acceptors (Lipinski definition) is 5. The van der Waals surface area contributed by atoms with Crippen molar-refractivity contribution >= 4 is 29.4 Å². The topological polar surface area (TPSA) is 114 Å². The predicted molar refractivity (Wildman–Crippen MR) is 93.2 cm³/mol.